The molecule has 5 nitrogen and oxygen atoms in total. The van der Waals surface area contributed by atoms with Gasteiger partial charge in [-0.15, -0.1) is 0 Å². The van der Waals surface area contributed by atoms with Gasteiger partial charge in [0.05, 0.1) is 13.2 Å². The van der Waals surface area contributed by atoms with Gasteiger partial charge in [-0.2, -0.15) is 11.8 Å². The van der Waals surface area contributed by atoms with Gasteiger partial charge in [0.25, 0.3) is 0 Å². The second kappa shape index (κ2) is 8.82. The normalized spacial score (nSPS) is 17.7. The number of fused-ring (bicyclic) bond motifs is 1. The zero-order valence-corrected chi connectivity index (χ0v) is 14.4. The van der Waals surface area contributed by atoms with E-state index < -0.39 is 12.0 Å². The number of amides is 2. The maximum Gasteiger partial charge on any atom is 0.328 e. The van der Waals surface area contributed by atoms with Gasteiger partial charge in [-0.05, 0) is 48.8 Å². The van der Waals surface area contributed by atoms with Crippen molar-refractivity contribution < 1.29 is 14.3 Å². The van der Waals surface area contributed by atoms with Gasteiger partial charge in [-0.25, -0.2) is 9.59 Å². The Morgan fingerprint density at radius 2 is 2.17 bits per heavy atom. The number of nitrogens with one attached hydrogen (secondary N) is 2. The second-order valence-electron chi connectivity index (χ2n) is 5.62. The average molecular weight is 336 g/mol. The molecule has 0 spiro atoms. The molecule has 0 saturated heterocycles. The summed E-state index contributed by atoms with van der Waals surface area (Å²) in [7, 11) is 1.34. The van der Waals surface area contributed by atoms with Crippen molar-refractivity contribution in [3.05, 3.63) is 35.4 Å². The number of aryl methyl sites for hydroxylation is 1. The largest absolute Gasteiger partial charge is 0.467 e. The molecule has 1 aromatic rings. The molecule has 1 aliphatic rings. The molecule has 0 fully saturated rings. The number of urea groups is 1. The molecule has 2 atom stereocenters. The van der Waals surface area contributed by atoms with Crippen molar-refractivity contribution in [2.24, 2.45) is 0 Å². The van der Waals surface area contributed by atoms with Crippen LogP contribution in [0.2, 0.25) is 0 Å². The summed E-state index contributed by atoms with van der Waals surface area (Å²) in [6.45, 7) is 0. The minimum absolute atomic E-state index is 0.00111. The molecule has 1 aliphatic carbocycles. The van der Waals surface area contributed by atoms with Crippen molar-refractivity contribution in [3.63, 3.8) is 0 Å². The lowest BCUT2D eigenvalue weighted by Gasteiger charge is -2.27. The molecule has 2 N–H and O–H groups in total. The van der Waals surface area contributed by atoms with Gasteiger partial charge in [-0.1, -0.05) is 24.3 Å². The number of carbonyl (C=O) groups is 2. The van der Waals surface area contributed by atoms with E-state index in [1.54, 1.807) is 11.8 Å². The van der Waals surface area contributed by atoms with Crippen LogP contribution in [0.25, 0.3) is 0 Å². The molecule has 6 heteroatoms. The standard InChI is InChI=1S/C17H24N2O3S/c1-22-16(20)15(10-11-23-2)19-17(21)18-14-9-5-7-12-6-3-4-8-13(12)14/h3-4,6,8,14-15H,5,7,9-11H2,1-2H3,(H2,18,19,21). The van der Waals surface area contributed by atoms with Crippen LogP contribution in [0.5, 0.6) is 0 Å². The Kier molecular flexibility index (Phi) is 6.77. The Balaban J connectivity index is 1.97. The third-order valence-electron chi connectivity index (χ3n) is 4.08. The van der Waals surface area contributed by atoms with Crippen molar-refractivity contribution in [2.45, 2.75) is 37.8 Å². The Morgan fingerprint density at radius 1 is 1.39 bits per heavy atom. The number of carbonyl (C=O) groups excluding carboxylic acids is 2. The van der Waals surface area contributed by atoms with Crippen molar-refractivity contribution in [2.75, 3.05) is 19.1 Å². The molecule has 2 unspecified atom stereocenters. The van der Waals surface area contributed by atoms with E-state index in [0.717, 1.165) is 25.0 Å². The molecule has 0 radical (unpaired) electrons. The van der Waals surface area contributed by atoms with Gasteiger partial charge in [0.15, 0.2) is 0 Å². The predicted molar refractivity (Wildman–Crippen MR) is 92.6 cm³/mol. The minimum atomic E-state index is -0.605. The summed E-state index contributed by atoms with van der Waals surface area (Å²) < 4.78 is 4.77. The van der Waals surface area contributed by atoms with E-state index in [2.05, 4.69) is 22.8 Å². The first-order valence-corrected chi connectivity index (χ1v) is 9.26. The van der Waals surface area contributed by atoms with Crippen LogP contribution in [-0.4, -0.2) is 37.2 Å². The van der Waals surface area contributed by atoms with Crippen LogP contribution in [0.15, 0.2) is 24.3 Å². The minimum Gasteiger partial charge on any atom is -0.467 e. The zero-order valence-electron chi connectivity index (χ0n) is 13.6. The molecule has 0 aromatic heterocycles. The van der Waals surface area contributed by atoms with E-state index in [9.17, 15) is 9.59 Å². The van der Waals surface area contributed by atoms with Crippen molar-refractivity contribution in [3.8, 4) is 0 Å². The number of hydrogen-bond donors (Lipinski definition) is 2. The van der Waals surface area contributed by atoms with Crippen LogP contribution in [0.1, 0.15) is 36.4 Å². The quantitative estimate of drug-likeness (QED) is 0.784. The Bertz CT molecular complexity index is 550. The van der Waals surface area contributed by atoms with Crippen LogP contribution < -0.4 is 10.6 Å². The van der Waals surface area contributed by atoms with E-state index in [1.165, 1.54) is 18.2 Å². The highest BCUT2D eigenvalue weighted by Crippen LogP contribution is 2.29. The second-order valence-corrected chi connectivity index (χ2v) is 6.60. The summed E-state index contributed by atoms with van der Waals surface area (Å²) in [6.07, 6.45) is 5.54. The summed E-state index contributed by atoms with van der Waals surface area (Å²) in [5.41, 5.74) is 2.46. The number of hydrogen-bond acceptors (Lipinski definition) is 4. The SMILES string of the molecule is COC(=O)C(CCSC)NC(=O)NC1CCCc2ccccc21. The summed E-state index contributed by atoms with van der Waals surface area (Å²) in [5, 5.41) is 5.74. The number of benzene rings is 1. The molecule has 126 valence electrons. The van der Waals surface area contributed by atoms with E-state index in [4.69, 9.17) is 4.74 Å². The molecule has 1 aromatic carbocycles. The molecule has 2 amide bonds. The Morgan fingerprint density at radius 3 is 2.91 bits per heavy atom. The highest BCUT2D eigenvalue weighted by Gasteiger charge is 2.25. The van der Waals surface area contributed by atoms with Gasteiger partial charge in [-0.3, -0.25) is 0 Å². The summed E-state index contributed by atoms with van der Waals surface area (Å²) in [6, 6.07) is 7.26. The maximum atomic E-state index is 12.3. The fourth-order valence-electron chi connectivity index (χ4n) is 2.89. The molecule has 2 rings (SSSR count). The number of esters is 1. The summed E-state index contributed by atoms with van der Waals surface area (Å²) in [4.78, 5) is 24.0. The monoisotopic (exact) mass is 336 g/mol. The summed E-state index contributed by atoms with van der Waals surface area (Å²) >= 11 is 1.63. The van der Waals surface area contributed by atoms with Crippen LogP contribution in [-0.2, 0) is 16.0 Å². The highest BCUT2D eigenvalue weighted by atomic mass is 32.2. The fraction of sp³-hybridized carbons (Fsp3) is 0.529. The molecule has 0 saturated carbocycles. The number of thioether (sulfide) groups is 1. The number of rotatable bonds is 6. The molecular weight excluding hydrogens is 312 g/mol. The van der Waals surface area contributed by atoms with Gasteiger partial charge >= 0.3 is 12.0 Å². The average Bonchev–Trinajstić information content (AvgIpc) is 2.58. The van der Waals surface area contributed by atoms with Crippen LogP contribution in [0.4, 0.5) is 4.79 Å². The molecular formula is C17H24N2O3S. The third kappa shape index (κ3) is 4.89. The van der Waals surface area contributed by atoms with Gasteiger partial charge < -0.3 is 15.4 Å². The Hall–Kier alpha value is -1.69. The lowest BCUT2D eigenvalue weighted by Crippen LogP contribution is -2.48. The topological polar surface area (TPSA) is 67.4 Å². The first kappa shape index (κ1) is 17.7. The maximum absolute atomic E-state index is 12.3. The van der Waals surface area contributed by atoms with Crippen molar-refractivity contribution in [1.29, 1.82) is 0 Å². The van der Waals surface area contributed by atoms with Crippen LogP contribution in [0.3, 0.4) is 0 Å². The highest BCUT2D eigenvalue weighted by molar-refractivity contribution is 7.98. The first-order chi connectivity index (χ1) is 11.2. The van der Waals surface area contributed by atoms with Crippen molar-refractivity contribution in [1.82, 2.24) is 10.6 Å². The van der Waals surface area contributed by atoms with Crippen LogP contribution >= 0.6 is 11.8 Å². The number of ether oxygens (including phenoxy) is 1. The summed E-state index contributed by atoms with van der Waals surface area (Å²) in [5.74, 6) is 0.380. The van der Waals surface area contributed by atoms with Crippen LogP contribution in [0, 0.1) is 0 Å². The lowest BCUT2D eigenvalue weighted by molar-refractivity contribution is -0.142. The molecule has 23 heavy (non-hydrogen) atoms. The van der Waals surface area contributed by atoms with E-state index in [1.807, 2.05) is 18.4 Å². The van der Waals surface area contributed by atoms with E-state index in [0.29, 0.717) is 6.42 Å². The van der Waals surface area contributed by atoms with Gasteiger partial charge in [0, 0.05) is 0 Å². The third-order valence-corrected chi connectivity index (χ3v) is 4.72. The van der Waals surface area contributed by atoms with Crippen molar-refractivity contribution >= 4 is 23.8 Å². The van der Waals surface area contributed by atoms with Gasteiger partial charge in [0.2, 0.25) is 0 Å². The molecule has 0 bridgehead atoms. The smallest absolute Gasteiger partial charge is 0.328 e. The zero-order chi connectivity index (χ0) is 16.7. The predicted octanol–water partition coefficient (Wildman–Crippen LogP) is 2.66. The lowest BCUT2D eigenvalue weighted by atomic mass is 9.88. The van der Waals surface area contributed by atoms with E-state index >= 15 is 0 Å². The van der Waals surface area contributed by atoms with Gasteiger partial charge in [0.1, 0.15) is 6.04 Å². The van der Waals surface area contributed by atoms with E-state index in [-0.39, 0.29) is 12.1 Å². The molecule has 0 aliphatic heterocycles. The molecule has 0 heterocycles. The fourth-order valence-corrected chi connectivity index (χ4v) is 3.36. The Labute approximate surface area is 141 Å². The number of methoxy groups -OCH3 is 1. The first-order valence-electron chi connectivity index (χ1n) is 7.87.